The number of hydrogen-bond donors (Lipinski definition) is 1. The first-order chi connectivity index (χ1) is 12.8. The van der Waals surface area contributed by atoms with Gasteiger partial charge in [0.15, 0.2) is 0 Å². The van der Waals surface area contributed by atoms with Crippen molar-refractivity contribution in [3.05, 3.63) is 18.2 Å². The van der Waals surface area contributed by atoms with Crippen molar-refractivity contribution in [2.75, 3.05) is 30.8 Å². The first-order valence-corrected chi connectivity index (χ1v) is 12.0. The molecule has 1 aromatic carbocycles. The lowest BCUT2D eigenvalue weighted by Crippen LogP contribution is -2.31. The number of thioether (sulfide) groups is 1. The fourth-order valence-corrected chi connectivity index (χ4v) is 5.12. The van der Waals surface area contributed by atoms with Crippen molar-refractivity contribution in [3.8, 4) is 5.75 Å². The number of sulfonamides is 1. The van der Waals surface area contributed by atoms with Gasteiger partial charge in [-0.05, 0) is 44.2 Å². The van der Waals surface area contributed by atoms with Gasteiger partial charge in [-0.3, -0.25) is 4.79 Å². The van der Waals surface area contributed by atoms with E-state index in [2.05, 4.69) is 12.2 Å². The van der Waals surface area contributed by atoms with Gasteiger partial charge in [0.1, 0.15) is 10.6 Å². The zero-order chi connectivity index (χ0) is 20.4. The predicted molar refractivity (Wildman–Crippen MR) is 113 cm³/mol. The van der Waals surface area contributed by atoms with Crippen LogP contribution in [0.3, 0.4) is 0 Å². The number of carbonyl (C=O) groups is 1. The molecular weight excluding hydrogens is 384 g/mol. The molecule has 0 fully saturated rings. The summed E-state index contributed by atoms with van der Waals surface area (Å²) in [6, 6.07) is 4.76. The Bertz CT molecular complexity index is 704. The molecular formula is C19H32N2O4S2. The van der Waals surface area contributed by atoms with Crippen LogP contribution in [0, 0.1) is 0 Å². The highest BCUT2D eigenvalue weighted by atomic mass is 32.2. The van der Waals surface area contributed by atoms with E-state index in [4.69, 9.17) is 4.74 Å². The Hall–Kier alpha value is -1.25. The monoisotopic (exact) mass is 416 g/mol. The van der Waals surface area contributed by atoms with Crippen LogP contribution in [0.2, 0.25) is 0 Å². The Kier molecular flexibility index (Phi) is 10.2. The number of hydrogen-bond acceptors (Lipinski definition) is 5. The van der Waals surface area contributed by atoms with Gasteiger partial charge in [-0.2, -0.15) is 4.31 Å². The second kappa shape index (κ2) is 11.6. The summed E-state index contributed by atoms with van der Waals surface area (Å²) < 4.78 is 32.8. The van der Waals surface area contributed by atoms with E-state index in [0.717, 1.165) is 18.6 Å². The SMILES string of the molecule is CCCCSC(C)C(=O)Nc1ccc(OCC)c(S(=O)(=O)N(CC)CC)c1. The van der Waals surface area contributed by atoms with Crippen molar-refractivity contribution in [2.24, 2.45) is 0 Å². The lowest BCUT2D eigenvalue weighted by atomic mass is 10.3. The van der Waals surface area contributed by atoms with Gasteiger partial charge in [-0.1, -0.05) is 27.2 Å². The summed E-state index contributed by atoms with van der Waals surface area (Å²) in [5, 5.41) is 2.62. The van der Waals surface area contributed by atoms with Gasteiger partial charge in [-0.15, -0.1) is 11.8 Å². The molecule has 154 valence electrons. The van der Waals surface area contributed by atoms with Crippen LogP contribution in [0.15, 0.2) is 23.1 Å². The molecule has 0 aromatic heterocycles. The van der Waals surface area contributed by atoms with Gasteiger partial charge in [-0.25, -0.2) is 8.42 Å². The van der Waals surface area contributed by atoms with Crippen molar-refractivity contribution in [1.82, 2.24) is 4.31 Å². The third-order valence-corrected chi connectivity index (χ3v) is 7.38. The molecule has 1 unspecified atom stereocenters. The Morgan fingerprint density at radius 3 is 2.44 bits per heavy atom. The number of nitrogens with zero attached hydrogens (tertiary/aromatic N) is 1. The minimum absolute atomic E-state index is 0.0807. The molecule has 8 heteroatoms. The quantitative estimate of drug-likeness (QED) is 0.522. The van der Waals surface area contributed by atoms with Gasteiger partial charge in [0.2, 0.25) is 15.9 Å². The van der Waals surface area contributed by atoms with Crippen LogP contribution in [0.5, 0.6) is 5.75 Å². The van der Waals surface area contributed by atoms with E-state index in [1.165, 1.54) is 10.4 Å². The van der Waals surface area contributed by atoms with E-state index in [-0.39, 0.29) is 16.1 Å². The number of amides is 1. The molecule has 0 heterocycles. The summed E-state index contributed by atoms with van der Waals surface area (Å²) in [5.74, 6) is 1.09. The number of anilines is 1. The van der Waals surface area contributed by atoms with Crippen molar-refractivity contribution in [2.45, 2.75) is 57.6 Å². The molecule has 0 aliphatic heterocycles. The van der Waals surface area contributed by atoms with Crippen molar-refractivity contribution < 1.29 is 17.9 Å². The Balaban J connectivity index is 3.10. The van der Waals surface area contributed by atoms with E-state index in [1.54, 1.807) is 44.7 Å². The maximum absolute atomic E-state index is 13.0. The molecule has 0 radical (unpaired) electrons. The molecule has 6 nitrogen and oxygen atoms in total. The average Bonchev–Trinajstić information content (AvgIpc) is 2.63. The molecule has 0 saturated carbocycles. The second-order valence-corrected chi connectivity index (χ2v) is 9.39. The summed E-state index contributed by atoms with van der Waals surface area (Å²) in [6.45, 7) is 10.5. The number of nitrogens with one attached hydrogen (secondary N) is 1. The number of carbonyl (C=O) groups excluding carboxylic acids is 1. The standard InChI is InChI=1S/C19H32N2O4S2/c1-6-10-13-26-15(5)19(22)20-16-11-12-17(25-9-4)18(14-16)27(23,24)21(7-2)8-3/h11-12,14-15H,6-10,13H2,1-5H3,(H,20,22). The molecule has 1 atom stereocenters. The summed E-state index contributed by atoms with van der Waals surface area (Å²) in [7, 11) is -3.70. The van der Waals surface area contributed by atoms with Crippen LogP contribution in [0.1, 0.15) is 47.5 Å². The predicted octanol–water partition coefficient (Wildman–Crippen LogP) is 3.98. The zero-order valence-electron chi connectivity index (χ0n) is 16.9. The summed E-state index contributed by atoms with van der Waals surface area (Å²) in [6.07, 6.45) is 2.16. The summed E-state index contributed by atoms with van der Waals surface area (Å²) in [5.41, 5.74) is 0.456. The van der Waals surface area contributed by atoms with E-state index < -0.39 is 10.0 Å². The van der Waals surface area contributed by atoms with E-state index in [0.29, 0.717) is 31.1 Å². The van der Waals surface area contributed by atoms with Crippen LogP contribution >= 0.6 is 11.8 Å². The van der Waals surface area contributed by atoms with Crippen molar-refractivity contribution in [3.63, 3.8) is 0 Å². The molecule has 1 N–H and O–H groups in total. The minimum Gasteiger partial charge on any atom is -0.492 e. The number of rotatable bonds is 12. The second-order valence-electron chi connectivity index (χ2n) is 6.04. The number of ether oxygens (including phenoxy) is 1. The highest BCUT2D eigenvalue weighted by Gasteiger charge is 2.26. The largest absolute Gasteiger partial charge is 0.492 e. The lowest BCUT2D eigenvalue weighted by Gasteiger charge is -2.21. The van der Waals surface area contributed by atoms with Crippen LogP contribution < -0.4 is 10.1 Å². The molecule has 0 spiro atoms. The Morgan fingerprint density at radius 1 is 1.22 bits per heavy atom. The molecule has 1 rings (SSSR count). The van der Waals surface area contributed by atoms with Gasteiger partial charge in [0.05, 0.1) is 11.9 Å². The fraction of sp³-hybridized carbons (Fsp3) is 0.632. The zero-order valence-corrected chi connectivity index (χ0v) is 18.6. The van der Waals surface area contributed by atoms with E-state index >= 15 is 0 Å². The van der Waals surface area contributed by atoms with Crippen molar-refractivity contribution >= 4 is 33.4 Å². The van der Waals surface area contributed by atoms with Crippen LogP contribution in [-0.2, 0) is 14.8 Å². The molecule has 0 aliphatic rings. The first kappa shape index (κ1) is 23.8. The van der Waals surface area contributed by atoms with Gasteiger partial charge in [0.25, 0.3) is 0 Å². The third-order valence-electron chi connectivity index (χ3n) is 4.07. The van der Waals surface area contributed by atoms with Crippen LogP contribution in [-0.4, -0.2) is 49.3 Å². The fourth-order valence-electron chi connectivity index (χ4n) is 2.49. The Morgan fingerprint density at radius 2 is 1.89 bits per heavy atom. The average molecular weight is 417 g/mol. The topological polar surface area (TPSA) is 75.7 Å². The van der Waals surface area contributed by atoms with Gasteiger partial charge in [0, 0.05) is 18.8 Å². The molecule has 1 amide bonds. The van der Waals surface area contributed by atoms with E-state index in [1.807, 2.05) is 6.92 Å². The maximum Gasteiger partial charge on any atom is 0.246 e. The number of unbranched alkanes of at least 4 members (excludes halogenated alkanes) is 1. The molecule has 27 heavy (non-hydrogen) atoms. The smallest absolute Gasteiger partial charge is 0.246 e. The summed E-state index contributed by atoms with van der Waals surface area (Å²) >= 11 is 1.60. The highest BCUT2D eigenvalue weighted by molar-refractivity contribution is 8.00. The molecule has 0 saturated heterocycles. The van der Waals surface area contributed by atoms with Crippen LogP contribution in [0.4, 0.5) is 5.69 Å². The van der Waals surface area contributed by atoms with E-state index in [9.17, 15) is 13.2 Å². The normalized spacial score (nSPS) is 12.8. The maximum atomic E-state index is 13.0. The number of benzene rings is 1. The minimum atomic E-state index is -3.70. The Labute approximate surface area is 168 Å². The third kappa shape index (κ3) is 6.69. The lowest BCUT2D eigenvalue weighted by molar-refractivity contribution is -0.115. The first-order valence-electron chi connectivity index (χ1n) is 9.51. The molecule has 1 aromatic rings. The molecule has 0 bridgehead atoms. The van der Waals surface area contributed by atoms with Gasteiger partial charge < -0.3 is 10.1 Å². The van der Waals surface area contributed by atoms with Crippen molar-refractivity contribution in [1.29, 1.82) is 0 Å². The highest BCUT2D eigenvalue weighted by Crippen LogP contribution is 2.30. The molecule has 0 aliphatic carbocycles. The van der Waals surface area contributed by atoms with Crippen LogP contribution in [0.25, 0.3) is 0 Å². The van der Waals surface area contributed by atoms with Gasteiger partial charge >= 0.3 is 0 Å². The summed E-state index contributed by atoms with van der Waals surface area (Å²) in [4.78, 5) is 12.5.